The average Bonchev–Trinajstić information content (AvgIpc) is 2.42. The van der Waals surface area contributed by atoms with E-state index in [-0.39, 0.29) is 24.6 Å². The van der Waals surface area contributed by atoms with Crippen LogP contribution in [0.25, 0.3) is 0 Å². The van der Waals surface area contributed by atoms with Gasteiger partial charge >= 0.3 is 12.1 Å². The third kappa shape index (κ3) is 6.47. The van der Waals surface area contributed by atoms with Crippen LogP contribution in [0.2, 0.25) is 0 Å². The van der Waals surface area contributed by atoms with Crippen molar-refractivity contribution in [1.82, 2.24) is 5.32 Å². The molecule has 1 atom stereocenters. The summed E-state index contributed by atoms with van der Waals surface area (Å²) in [5.74, 6) is -1.57. The van der Waals surface area contributed by atoms with Gasteiger partial charge in [-0.25, -0.2) is 0 Å². The number of carboxylic acid groups (broad SMARTS) is 1. The van der Waals surface area contributed by atoms with Crippen LogP contribution in [0.4, 0.5) is 13.2 Å². The van der Waals surface area contributed by atoms with Crippen molar-refractivity contribution in [3.63, 3.8) is 0 Å². The number of carbonyl (C=O) groups excluding carboxylic acids is 1. The van der Waals surface area contributed by atoms with E-state index in [9.17, 15) is 22.8 Å². The highest BCUT2D eigenvalue weighted by Crippen LogP contribution is 2.31. The van der Waals surface area contributed by atoms with E-state index >= 15 is 0 Å². The van der Waals surface area contributed by atoms with Crippen molar-refractivity contribution in [2.75, 3.05) is 6.61 Å². The fourth-order valence-corrected chi connectivity index (χ4v) is 1.64. The van der Waals surface area contributed by atoms with Gasteiger partial charge in [-0.3, -0.25) is 9.59 Å². The van der Waals surface area contributed by atoms with Gasteiger partial charge in [-0.2, -0.15) is 13.2 Å². The summed E-state index contributed by atoms with van der Waals surface area (Å²) in [5, 5.41) is 11.0. The molecule has 0 saturated carbocycles. The Morgan fingerprint density at radius 1 is 1.36 bits per heavy atom. The molecule has 5 nitrogen and oxygen atoms in total. The van der Waals surface area contributed by atoms with Gasteiger partial charge in [0.2, 0.25) is 0 Å². The number of carbonyl (C=O) groups is 2. The van der Waals surface area contributed by atoms with Crippen molar-refractivity contribution in [3.8, 4) is 5.75 Å². The molecule has 0 aliphatic rings. The number of carboxylic acids is 1. The van der Waals surface area contributed by atoms with E-state index in [1.165, 1.54) is 12.1 Å². The smallest absolute Gasteiger partial charge is 0.416 e. The maximum absolute atomic E-state index is 12.5. The number of halogens is 3. The summed E-state index contributed by atoms with van der Waals surface area (Å²) < 4.78 is 42.5. The summed E-state index contributed by atoms with van der Waals surface area (Å²) in [4.78, 5) is 21.9. The Balaban J connectivity index is 2.46. The molecule has 2 N–H and O–H groups in total. The highest BCUT2D eigenvalue weighted by molar-refractivity contribution is 5.77. The van der Waals surface area contributed by atoms with E-state index in [1.807, 2.05) is 0 Å². The number of benzene rings is 1. The molecule has 1 aromatic carbocycles. The Kier molecular flexibility index (Phi) is 6.21. The van der Waals surface area contributed by atoms with Crippen LogP contribution >= 0.6 is 0 Å². The van der Waals surface area contributed by atoms with Gasteiger partial charge in [0.25, 0.3) is 5.91 Å². The lowest BCUT2D eigenvalue weighted by molar-refractivity contribution is -0.138. The Labute approximate surface area is 125 Å². The third-order valence-electron chi connectivity index (χ3n) is 2.73. The van der Waals surface area contributed by atoms with E-state index in [0.29, 0.717) is 0 Å². The number of rotatable bonds is 7. The van der Waals surface area contributed by atoms with Gasteiger partial charge in [-0.1, -0.05) is 6.07 Å². The molecular weight excluding hydrogens is 303 g/mol. The summed E-state index contributed by atoms with van der Waals surface area (Å²) in [7, 11) is 0. The number of amides is 1. The van der Waals surface area contributed by atoms with E-state index in [2.05, 4.69) is 5.32 Å². The van der Waals surface area contributed by atoms with Crippen LogP contribution in [0.5, 0.6) is 5.75 Å². The summed E-state index contributed by atoms with van der Waals surface area (Å²) in [6, 6.07) is 3.85. The fourth-order valence-electron chi connectivity index (χ4n) is 1.64. The summed E-state index contributed by atoms with van der Waals surface area (Å²) in [5.41, 5.74) is -0.861. The second-order valence-electron chi connectivity index (χ2n) is 4.72. The highest BCUT2D eigenvalue weighted by atomic mass is 19.4. The van der Waals surface area contributed by atoms with E-state index < -0.39 is 30.2 Å². The molecule has 8 heteroatoms. The molecule has 0 aliphatic heterocycles. The maximum Gasteiger partial charge on any atom is 0.416 e. The molecule has 122 valence electrons. The molecule has 0 bridgehead atoms. The molecule has 1 unspecified atom stereocenters. The lowest BCUT2D eigenvalue weighted by Crippen LogP contribution is -2.36. The van der Waals surface area contributed by atoms with Crippen LogP contribution in [0.1, 0.15) is 25.3 Å². The average molecular weight is 319 g/mol. The van der Waals surface area contributed by atoms with Crippen molar-refractivity contribution < 1.29 is 32.6 Å². The summed E-state index contributed by atoms with van der Waals surface area (Å²) >= 11 is 0. The lowest BCUT2D eigenvalue weighted by atomic mass is 10.2. The number of hydrogen-bond donors (Lipinski definition) is 2. The second-order valence-corrected chi connectivity index (χ2v) is 4.72. The Morgan fingerprint density at radius 3 is 2.64 bits per heavy atom. The van der Waals surface area contributed by atoms with Crippen LogP contribution in [0.15, 0.2) is 24.3 Å². The molecule has 0 aromatic heterocycles. The zero-order valence-corrected chi connectivity index (χ0v) is 11.8. The largest absolute Gasteiger partial charge is 0.484 e. The lowest BCUT2D eigenvalue weighted by Gasteiger charge is -2.14. The van der Waals surface area contributed by atoms with E-state index in [1.54, 1.807) is 6.92 Å². The Morgan fingerprint density at radius 2 is 2.05 bits per heavy atom. The van der Waals surface area contributed by atoms with Crippen molar-refractivity contribution >= 4 is 11.9 Å². The molecule has 1 aromatic rings. The first-order valence-corrected chi connectivity index (χ1v) is 6.49. The zero-order valence-electron chi connectivity index (χ0n) is 11.8. The van der Waals surface area contributed by atoms with Crippen LogP contribution in [-0.2, 0) is 15.8 Å². The third-order valence-corrected chi connectivity index (χ3v) is 2.73. The van der Waals surface area contributed by atoms with Crippen molar-refractivity contribution in [1.29, 1.82) is 0 Å². The van der Waals surface area contributed by atoms with Crippen LogP contribution < -0.4 is 10.1 Å². The van der Waals surface area contributed by atoms with Gasteiger partial charge in [0, 0.05) is 12.5 Å². The van der Waals surface area contributed by atoms with Crippen LogP contribution in [0, 0.1) is 0 Å². The van der Waals surface area contributed by atoms with Crippen molar-refractivity contribution in [2.45, 2.75) is 32.0 Å². The molecule has 0 fully saturated rings. The fraction of sp³-hybridized carbons (Fsp3) is 0.429. The predicted octanol–water partition coefficient (Wildman–Crippen LogP) is 2.45. The highest BCUT2D eigenvalue weighted by Gasteiger charge is 2.30. The number of nitrogens with one attached hydrogen (secondary N) is 1. The molecule has 0 heterocycles. The van der Waals surface area contributed by atoms with E-state index in [4.69, 9.17) is 9.84 Å². The quantitative estimate of drug-likeness (QED) is 0.809. The summed E-state index contributed by atoms with van der Waals surface area (Å²) in [6.07, 6.45) is -4.31. The number of hydrogen-bond acceptors (Lipinski definition) is 3. The van der Waals surface area contributed by atoms with Gasteiger partial charge in [0.15, 0.2) is 6.61 Å². The molecule has 22 heavy (non-hydrogen) atoms. The molecule has 0 radical (unpaired) electrons. The predicted molar refractivity (Wildman–Crippen MR) is 71.4 cm³/mol. The Bertz CT molecular complexity index is 531. The molecule has 0 spiro atoms. The topological polar surface area (TPSA) is 75.6 Å². The minimum absolute atomic E-state index is 0.0665. The normalized spacial score (nSPS) is 12.5. The first-order valence-electron chi connectivity index (χ1n) is 6.49. The Hall–Kier alpha value is -2.25. The number of ether oxygens (including phenoxy) is 1. The monoisotopic (exact) mass is 319 g/mol. The first kappa shape index (κ1) is 17.8. The molecule has 0 aliphatic carbocycles. The minimum Gasteiger partial charge on any atom is -0.484 e. The van der Waals surface area contributed by atoms with Crippen LogP contribution in [-0.4, -0.2) is 29.6 Å². The van der Waals surface area contributed by atoms with Gasteiger partial charge < -0.3 is 15.2 Å². The minimum atomic E-state index is -4.48. The number of alkyl halides is 3. The summed E-state index contributed by atoms with van der Waals surface area (Å²) in [6.45, 7) is 1.18. The van der Waals surface area contributed by atoms with Gasteiger partial charge in [-0.05, 0) is 31.5 Å². The van der Waals surface area contributed by atoms with Gasteiger partial charge in [0.1, 0.15) is 5.75 Å². The molecule has 1 rings (SSSR count). The molecule has 0 saturated heterocycles. The van der Waals surface area contributed by atoms with Crippen molar-refractivity contribution in [3.05, 3.63) is 29.8 Å². The molecular formula is C14H16F3NO4. The number of aliphatic carboxylic acids is 1. The zero-order chi connectivity index (χ0) is 16.8. The van der Waals surface area contributed by atoms with Gasteiger partial charge in [-0.15, -0.1) is 0 Å². The maximum atomic E-state index is 12.5. The standard InChI is InChI=1S/C14H16F3NO4/c1-9(5-6-13(20)21)18-12(19)8-22-11-4-2-3-10(7-11)14(15,16)17/h2-4,7,9H,5-6,8H2,1H3,(H,18,19)(H,20,21). The van der Waals surface area contributed by atoms with E-state index in [0.717, 1.165) is 12.1 Å². The van der Waals surface area contributed by atoms with Crippen LogP contribution in [0.3, 0.4) is 0 Å². The molecule has 1 amide bonds. The SMILES string of the molecule is CC(CCC(=O)O)NC(=O)COc1cccc(C(F)(F)F)c1. The van der Waals surface area contributed by atoms with Crippen molar-refractivity contribution in [2.24, 2.45) is 0 Å². The first-order chi connectivity index (χ1) is 10.2. The van der Waals surface area contributed by atoms with Gasteiger partial charge in [0.05, 0.1) is 5.56 Å². The second kappa shape index (κ2) is 7.67.